The van der Waals surface area contributed by atoms with Crippen LogP contribution in [0.15, 0.2) is 36.7 Å². The number of nitrogens with one attached hydrogen (secondary N) is 2. The van der Waals surface area contributed by atoms with Crippen molar-refractivity contribution < 1.29 is 9.59 Å². The first-order valence-corrected chi connectivity index (χ1v) is 8.54. The lowest BCUT2D eigenvalue weighted by Crippen LogP contribution is -2.26. The van der Waals surface area contributed by atoms with Crippen LogP contribution in [0.4, 0.5) is 0 Å². The van der Waals surface area contributed by atoms with Crippen LogP contribution in [-0.2, 0) is 0 Å². The zero-order valence-corrected chi connectivity index (χ0v) is 14.6. The van der Waals surface area contributed by atoms with E-state index in [0.717, 1.165) is 0 Å². The summed E-state index contributed by atoms with van der Waals surface area (Å²) in [5.74, 6) is -0.393. The molecule has 2 rings (SSSR count). The summed E-state index contributed by atoms with van der Waals surface area (Å²) in [4.78, 5) is 32.8. The predicted molar refractivity (Wildman–Crippen MR) is 99.5 cm³/mol. The molecule has 8 heteroatoms. The van der Waals surface area contributed by atoms with Crippen molar-refractivity contribution in [2.75, 3.05) is 26.2 Å². The largest absolute Gasteiger partial charge is 0.352 e. The van der Waals surface area contributed by atoms with Crippen molar-refractivity contribution in [1.82, 2.24) is 20.6 Å². The van der Waals surface area contributed by atoms with E-state index in [4.69, 9.17) is 11.5 Å². The lowest BCUT2D eigenvalue weighted by Gasteiger charge is -2.08. The van der Waals surface area contributed by atoms with Crippen molar-refractivity contribution in [3.8, 4) is 11.4 Å². The smallest absolute Gasteiger partial charge is 0.251 e. The van der Waals surface area contributed by atoms with Crippen molar-refractivity contribution >= 4 is 11.8 Å². The Morgan fingerprint density at radius 1 is 0.808 bits per heavy atom. The zero-order valence-electron chi connectivity index (χ0n) is 14.6. The Bertz CT molecular complexity index is 686. The van der Waals surface area contributed by atoms with Gasteiger partial charge in [0.1, 0.15) is 0 Å². The highest BCUT2D eigenvalue weighted by Gasteiger charge is 2.11. The molecule has 0 aliphatic carbocycles. The fourth-order valence-electron chi connectivity index (χ4n) is 2.24. The molecule has 2 heterocycles. The molecular weight excluding hydrogens is 332 g/mol. The second-order valence-corrected chi connectivity index (χ2v) is 5.66. The van der Waals surface area contributed by atoms with Gasteiger partial charge in [0.25, 0.3) is 11.8 Å². The van der Waals surface area contributed by atoms with Crippen LogP contribution in [-0.4, -0.2) is 48.0 Å². The summed E-state index contributed by atoms with van der Waals surface area (Å²) in [5.41, 5.74) is 12.8. The Hall–Kier alpha value is -2.84. The number of carbonyl (C=O) groups excluding carboxylic acids is 2. The van der Waals surface area contributed by atoms with E-state index in [1.165, 1.54) is 0 Å². The maximum atomic E-state index is 12.2. The summed E-state index contributed by atoms with van der Waals surface area (Å²) in [6, 6.07) is 6.56. The monoisotopic (exact) mass is 356 g/mol. The Labute approximate surface area is 152 Å². The molecule has 2 aromatic rings. The summed E-state index contributed by atoms with van der Waals surface area (Å²) in [6.45, 7) is 2.07. The molecule has 0 aliphatic rings. The lowest BCUT2D eigenvalue weighted by molar-refractivity contribution is 0.0945. The molecule has 26 heavy (non-hydrogen) atoms. The molecule has 8 nitrogen and oxygen atoms in total. The number of pyridine rings is 2. The maximum Gasteiger partial charge on any atom is 0.251 e. The number of nitrogens with two attached hydrogens (primary N) is 2. The van der Waals surface area contributed by atoms with Crippen molar-refractivity contribution in [2.45, 2.75) is 12.8 Å². The number of hydrogen-bond acceptors (Lipinski definition) is 6. The van der Waals surface area contributed by atoms with Gasteiger partial charge in [-0.25, -0.2) is 0 Å². The third kappa shape index (κ3) is 5.61. The second-order valence-electron chi connectivity index (χ2n) is 5.66. The predicted octanol–water partition coefficient (Wildman–Crippen LogP) is 0.301. The quantitative estimate of drug-likeness (QED) is 0.477. The van der Waals surface area contributed by atoms with E-state index in [0.29, 0.717) is 61.5 Å². The van der Waals surface area contributed by atoms with Crippen LogP contribution in [0, 0.1) is 0 Å². The first-order chi connectivity index (χ1) is 12.7. The molecule has 0 bridgehead atoms. The van der Waals surface area contributed by atoms with E-state index in [1.807, 2.05) is 0 Å². The summed E-state index contributed by atoms with van der Waals surface area (Å²) in [6.07, 6.45) is 4.52. The van der Waals surface area contributed by atoms with Gasteiger partial charge in [0.2, 0.25) is 0 Å². The van der Waals surface area contributed by atoms with Gasteiger partial charge in [0.05, 0.1) is 11.4 Å². The van der Waals surface area contributed by atoms with Crippen molar-refractivity contribution in [3.05, 3.63) is 47.8 Å². The Kier molecular flexibility index (Phi) is 7.66. The van der Waals surface area contributed by atoms with E-state index in [9.17, 15) is 9.59 Å². The molecule has 0 saturated carbocycles. The van der Waals surface area contributed by atoms with Crippen LogP contribution in [0.1, 0.15) is 33.6 Å². The lowest BCUT2D eigenvalue weighted by atomic mass is 10.1. The number of aromatic nitrogens is 2. The molecule has 0 saturated heterocycles. The molecule has 0 unspecified atom stereocenters. The van der Waals surface area contributed by atoms with Gasteiger partial charge in [0, 0.05) is 36.6 Å². The van der Waals surface area contributed by atoms with Crippen LogP contribution < -0.4 is 22.1 Å². The van der Waals surface area contributed by atoms with Gasteiger partial charge in [0.15, 0.2) is 0 Å². The summed E-state index contributed by atoms with van der Waals surface area (Å²) >= 11 is 0. The fourth-order valence-corrected chi connectivity index (χ4v) is 2.24. The molecule has 6 N–H and O–H groups in total. The van der Waals surface area contributed by atoms with E-state index < -0.39 is 0 Å². The van der Waals surface area contributed by atoms with Gasteiger partial charge in [-0.3, -0.25) is 19.6 Å². The van der Waals surface area contributed by atoms with Crippen LogP contribution in [0.3, 0.4) is 0 Å². The first kappa shape index (κ1) is 19.5. The molecule has 0 radical (unpaired) electrons. The number of hydrogen-bond donors (Lipinski definition) is 4. The third-order valence-corrected chi connectivity index (χ3v) is 3.64. The van der Waals surface area contributed by atoms with Crippen LogP contribution >= 0.6 is 0 Å². The molecule has 0 fully saturated rings. The molecule has 2 aromatic heterocycles. The Morgan fingerprint density at radius 3 is 1.62 bits per heavy atom. The molecule has 0 atom stereocenters. The summed E-state index contributed by atoms with van der Waals surface area (Å²) in [7, 11) is 0. The molecule has 0 spiro atoms. The fraction of sp³-hybridized carbons (Fsp3) is 0.333. The first-order valence-electron chi connectivity index (χ1n) is 8.54. The summed E-state index contributed by atoms with van der Waals surface area (Å²) in [5, 5.41) is 5.59. The van der Waals surface area contributed by atoms with Crippen molar-refractivity contribution in [3.63, 3.8) is 0 Å². The Balaban J connectivity index is 2.13. The molecule has 0 aliphatic heterocycles. The molecule has 2 amide bonds. The highest BCUT2D eigenvalue weighted by Crippen LogP contribution is 2.17. The standard InChI is InChI=1S/C18H24N6O2/c19-5-1-7-23-17(25)13-3-9-21-15(11-13)16-12-14(4-10-22-16)18(26)24-8-2-6-20/h3-4,9-12H,1-2,5-8,19-20H2,(H,23,25)(H,24,26). The molecule has 0 aromatic carbocycles. The zero-order chi connectivity index (χ0) is 18.8. The van der Waals surface area contributed by atoms with Crippen molar-refractivity contribution in [1.29, 1.82) is 0 Å². The third-order valence-electron chi connectivity index (χ3n) is 3.64. The molecular formula is C18H24N6O2. The highest BCUT2D eigenvalue weighted by atomic mass is 16.2. The summed E-state index contributed by atoms with van der Waals surface area (Å²) < 4.78 is 0. The van der Waals surface area contributed by atoms with Gasteiger partial charge in [-0.1, -0.05) is 0 Å². The topological polar surface area (TPSA) is 136 Å². The van der Waals surface area contributed by atoms with Gasteiger partial charge < -0.3 is 22.1 Å². The van der Waals surface area contributed by atoms with Crippen LogP contribution in [0.25, 0.3) is 11.4 Å². The normalized spacial score (nSPS) is 10.4. The number of carbonyl (C=O) groups is 2. The van der Waals surface area contributed by atoms with Gasteiger partial charge >= 0.3 is 0 Å². The van der Waals surface area contributed by atoms with Gasteiger partial charge in [-0.15, -0.1) is 0 Å². The minimum absolute atomic E-state index is 0.196. The number of nitrogens with zero attached hydrogens (tertiary/aromatic N) is 2. The second kappa shape index (κ2) is 10.2. The van der Waals surface area contributed by atoms with Crippen LogP contribution in [0.5, 0.6) is 0 Å². The van der Waals surface area contributed by atoms with E-state index in [1.54, 1.807) is 36.7 Å². The Morgan fingerprint density at radius 2 is 1.23 bits per heavy atom. The van der Waals surface area contributed by atoms with Gasteiger partial charge in [-0.05, 0) is 50.2 Å². The van der Waals surface area contributed by atoms with Crippen molar-refractivity contribution in [2.24, 2.45) is 11.5 Å². The number of amides is 2. The van der Waals surface area contributed by atoms with E-state index in [-0.39, 0.29) is 11.8 Å². The maximum absolute atomic E-state index is 12.2. The number of rotatable bonds is 9. The molecule has 138 valence electrons. The average Bonchev–Trinajstić information content (AvgIpc) is 2.68. The van der Waals surface area contributed by atoms with Crippen LogP contribution in [0.2, 0.25) is 0 Å². The van der Waals surface area contributed by atoms with Gasteiger partial charge in [-0.2, -0.15) is 0 Å². The van der Waals surface area contributed by atoms with E-state index in [2.05, 4.69) is 20.6 Å². The van der Waals surface area contributed by atoms with E-state index >= 15 is 0 Å². The SMILES string of the molecule is NCCCNC(=O)c1ccnc(-c2cc(C(=O)NCCCN)ccn2)c1. The minimum atomic E-state index is -0.196. The minimum Gasteiger partial charge on any atom is -0.352 e. The average molecular weight is 356 g/mol. The highest BCUT2D eigenvalue weighted by molar-refractivity contribution is 5.96.